The van der Waals surface area contributed by atoms with E-state index in [2.05, 4.69) is 0 Å². The van der Waals surface area contributed by atoms with Gasteiger partial charge in [-0.3, -0.25) is 15.3 Å². The topological polar surface area (TPSA) is 204 Å². The summed E-state index contributed by atoms with van der Waals surface area (Å²) in [5.74, 6) is -0.833. The second kappa shape index (κ2) is 90.1. The molecule has 0 radical (unpaired) electrons. The largest absolute Gasteiger partial charge is 0.481 e. The molecule has 0 aliphatic carbocycles. The molecule has 0 spiro atoms. The van der Waals surface area contributed by atoms with Crippen LogP contribution in [0.3, 0.4) is 0 Å². The SMILES string of the molecule is CC(=O)O.O.O.O.O.OO.[MgH2]. The molecule has 11 heavy (non-hydrogen) atoms. The Bertz CT molecular complexity index is 35.1. The van der Waals surface area contributed by atoms with Gasteiger partial charge in [-0.25, -0.2) is 0 Å². The van der Waals surface area contributed by atoms with Crippen molar-refractivity contribution in [1.82, 2.24) is 0 Å². The van der Waals surface area contributed by atoms with Gasteiger partial charge in [0.25, 0.3) is 5.97 Å². The molecule has 74 valence electrons. The average Bonchev–Trinajstić information content (AvgIpc) is 1.41. The smallest absolute Gasteiger partial charge is 0.316 e. The molecule has 0 rings (SSSR count). The van der Waals surface area contributed by atoms with Crippen LogP contribution in [0.2, 0.25) is 0 Å². The van der Waals surface area contributed by atoms with Crippen molar-refractivity contribution >= 4 is 29.0 Å². The Morgan fingerprint density at radius 2 is 1.00 bits per heavy atom. The highest BCUT2D eigenvalue weighted by Gasteiger charge is 1.65. The maximum atomic E-state index is 9.00. The fourth-order valence-corrected chi connectivity index (χ4v) is 0. The Labute approximate surface area is 78.8 Å². The second-order valence-corrected chi connectivity index (χ2v) is 0.519. The van der Waals surface area contributed by atoms with Crippen LogP contribution in [0.5, 0.6) is 0 Å². The van der Waals surface area contributed by atoms with Gasteiger partial charge in [0.15, 0.2) is 0 Å². The number of hydrogen-bond donors (Lipinski definition) is 3. The molecule has 0 fully saturated rings. The molecule has 0 unspecified atom stereocenters. The van der Waals surface area contributed by atoms with Crippen molar-refractivity contribution in [2.45, 2.75) is 6.92 Å². The van der Waals surface area contributed by atoms with Crippen LogP contribution in [0, 0.1) is 0 Å². The van der Waals surface area contributed by atoms with Gasteiger partial charge >= 0.3 is 23.1 Å². The second-order valence-electron chi connectivity index (χ2n) is 0.519. The van der Waals surface area contributed by atoms with Crippen LogP contribution in [0.1, 0.15) is 6.92 Å². The third-order valence-corrected chi connectivity index (χ3v) is 0. The lowest BCUT2D eigenvalue weighted by Crippen LogP contribution is -1.78. The molecule has 0 atom stereocenters. The van der Waals surface area contributed by atoms with Crippen molar-refractivity contribution in [3.05, 3.63) is 0 Å². The summed E-state index contributed by atoms with van der Waals surface area (Å²) < 4.78 is 0. The minimum atomic E-state index is -0.833. The predicted molar refractivity (Wildman–Crippen MR) is 41.6 cm³/mol. The minimum Gasteiger partial charge on any atom is -0.481 e. The minimum absolute atomic E-state index is 0. The zero-order valence-electron chi connectivity index (χ0n) is 5.25. The van der Waals surface area contributed by atoms with E-state index in [1.165, 1.54) is 0 Å². The molecule has 0 saturated heterocycles. The Kier molecular flexibility index (Phi) is 564. The number of carboxylic acid groups (broad SMARTS) is 1. The van der Waals surface area contributed by atoms with Crippen LogP contribution < -0.4 is 0 Å². The van der Waals surface area contributed by atoms with Crippen molar-refractivity contribution in [3.63, 3.8) is 0 Å². The van der Waals surface area contributed by atoms with E-state index in [-0.39, 0.29) is 45.0 Å². The molecule has 0 amide bonds. The summed E-state index contributed by atoms with van der Waals surface area (Å²) in [6.45, 7) is 1.08. The van der Waals surface area contributed by atoms with Gasteiger partial charge in [-0.15, -0.1) is 0 Å². The Morgan fingerprint density at radius 1 is 1.00 bits per heavy atom. The first-order valence-corrected chi connectivity index (χ1v) is 1.13. The summed E-state index contributed by atoms with van der Waals surface area (Å²) >= 11 is 0. The van der Waals surface area contributed by atoms with E-state index >= 15 is 0 Å². The molecule has 0 aromatic carbocycles. The molecular weight excluding hydrogens is 176 g/mol. The van der Waals surface area contributed by atoms with Gasteiger partial charge < -0.3 is 27.0 Å². The van der Waals surface area contributed by atoms with Crippen LogP contribution in [0.4, 0.5) is 0 Å². The van der Waals surface area contributed by atoms with Gasteiger partial charge in [0.05, 0.1) is 0 Å². The summed E-state index contributed by atoms with van der Waals surface area (Å²) in [5, 5.41) is 19.4. The first-order valence-electron chi connectivity index (χ1n) is 1.13. The number of rotatable bonds is 0. The van der Waals surface area contributed by atoms with Gasteiger partial charge in [0, 0.05) is 6.92 Å². The first-order chi connectivity index (χ1) is 2.73. The monoisotopic (exact) mass is 192 g/mol. The van der Waals surface area contributed by atoms with E-state index in [0.29, 0.717) is 0 Å². The molecule has 0 aromatic heterocycles. The van der Waals surface area contributed by atoms with Crippen molar-refractivity contribution in [1.29, 1.82) is 0 Å². The number of hydrogen-bond acceptors (Lipinski definition) is 3. The quantitative estimate of drug-likeness (QED) is 0.199. The van der Waals surface area contributed by atoms with Gasteiger partial charge in [0.2, 0.25) is 0 Å². The molecule has 9 heteroatoms. The highest BCUT2D eigenvalue weighted by molar-refractivity contribution is 5.75. The summed E-state index contributed by atoms with van der Waals surface area (Å²) in [6.07, 6.45) is 0. The van der Waals surface area contributed by atoms with Crippen LogP contribution >= 0.6 is 0 Å². The van der Waals surface area contributed by atoms with Crippen LogP contribution in [0.15, 0.2) is 0 Å². The normalized spacial score (nSPS) is 2.82. The van der Waals surface area contributed by atoms with Crippen molar-refractivity contribution in [3.8, 4) is 0 Å². The maximum absolute atomic E-state index is 9.00. The van der Waals surface area contributed by atoms with Crippen LogP contribution in [0.25, 0.3) is 0 Å². The lowest BCUT2D eigenvalue weighted by atomic mass is 10.9. The lowest BCUT2D eigenvalue weighted by Gasteiger charge is -1.59. The van der Waals surface area contributed by atoms with Crippen molar-refractivity contribution < 1.29 is 42.3 Å². The molecule has 0 aliphatic heterocycles. The molecular formula is C2H16MgO8. The van der Waals surface area contributed by atoms with Crippen LogP contribution in [-0.2, 0) is 4.79 Å². The standard InChI is InChI=1S/C2H4O2.Mg.H2O2.4H2O.2H/c1-2(3)4;;1-2;;;;;;/h1H3,(H,3,4);;1-2H;4*1H2;;. The van der Waals surface area contributed by atoms with E-state index in [1.807, 2.05) is 0 Å². The Morgan fingerprint density at radius 3 is 1.00 bits per heavy atom. The zero-order valence-corrected chi connectivity index (χ0v) is 5.25. The number of carboxylic acids is 1. The first kappa shape index (κ1) is 68.8. The van der Waals surface area contributed by atoms with E-state index in [1.54, 1.807) is 0 Å². The summed E-state index contributed by atoms with van der Waals surface area (Å²) in [5.41, 5.74) is 0. The molecule has 0 bridgehead atoms. The third-order valence-electron chi connectivity index (χ3n) is 0. The van der Waals surface area contributed by atoms with Crippen LogP contribution in [-0.4, -0.2) is 66.5 Å². The molecule has 11 N–H and O–H groups in total. The van der Waals surface area contributed by atoms with Crippen molar-refractivity contribution in [2.75, 3.05) is 0 Å². The predicted octanol–water partition coefficient (Wildman–Crippen LogP) is -4.11. The summed E-state index contributed by atoms with van der Waals surface area (Å²) in [4.78, 5) is 9.00. The average molecular weight is 192 g/mol. The molecule has 0 saturated carbocycles. The van der Waals surface area contributed by atoms with Gasteiger partial charge in [-0.05, 0) is 0 Å². The highest BCUT2D eigenvalue weighted by Crippen LogP contribution is 1.42. The van der Waals surface area contributed by atoms with E-state index < -0.39 is 5.97 Å². The van der Waals surface area contributed by atoms with Gasteiger partial charge in [-0.2, -0.15) is 0 Å². The maximum Gasteiger partial charge on any atom is 0.316 e. The molecule has 0 aromatic rings. The Hall–Kier alpha value is -0.00377. The fourth-order valence-electron chi connectivity index (χ4n) is 0. The number of aliphatic carboxylic acids is 1. The van der Waals surface area contributed by atoms with E-state index in [9.17, 15) is 0 Å². The molecule has 8 nitrogen and oxygen atoms in total. The molecule has 0 heterocycles. The fraction of sp³-hybridized carbons (Fsp3) is 0.500. The molecule has 0 aliphatic rings. The van der Waals surface area contributed by atoms with E-state index in [4.69, 9.17) is 20.4 Å². The number of carbonyl (C=O) groups is 1. The van der Waals surface area contributed by atoms with E-state index in [0.717, 1.165) is 6.92 Å². The summed E-state index contributed by atoms with van der Waals surface area (Å²) in [7, 11) is 0. The Balaban J connectivity index is -0.00000000432. The van der Waals surface area contributed by atoms with Gasteiger partial charge in [-0.1, -0.05) is 0 Å². The summed E-state index contributed by atoms with van der Waals surface area (Å²) in [6, 6.07) is 0. The van der Waals surface area contributed by atoms with Gasteiger partial charge in [0.1, 0.15) is 0 Å². The zero-order chi connectivity index (χ0) is 5.58. The third kappa shape index (κ3) is 45100000. The van der Waals surface area contributed by atoms with Crippen molar-refractivity contribution in [2.24, 2.45) is 0 Å². The lowest BCUT2D eigenvalue weighted by molar-refractivity contribution is -0.176. The highest BCUT2D eigenvalue weighted by atomic mass is 24.3.